The Kier molecular flexibility index (Phi) is 1.58. The van der Waals surface area contributed by atoms with Crippen LogP contribution in [0.15, 0.2) is 18.5 Å². The summed E-state index contributed by atoms with van der Waals surface area (Å²) in [5.41, 5.74) is 6.42. The zero-order valence-electron chi connectivity index (χ0n) is 6.56. The Hall–Kier alpha value is -1.36. The summed E-state index contributed by atoms with van der Waals surface area (Å²) in [5.74, 6) is 0. The second-order valence-corrected chi connectivity index (χ2v) is 3.50. The number of hydrogen-bond donors (Lipinski definition) is 1. The molecule has 0 fully saturated rings. The lowest BCUT2D eigenvalue weighted by molar-refractivity contribution is 0.771. The molecule has 2 rings (SSSR count). The predicted molar refractivity (Wildman–Crippen MR) is 48.7 cm³/mol. The largest absolute Gasteiger partial charge is 0.375 e. The maximum Gasteiger partial charge on any atom is 0.180 e. The lowest BCUT2D eigenvalue weighted by atomic mass is 10.4. The summed E-state index contributed by atoms with van der Waals surface area (Å²) in [5, 5.41) is 4.81. The summed E-state index contributed by atoms with van der Waals surface area (Å²) in [6.45, 7) is 0. The Morgan fingerprint density at radius 2 is 2.42 bits per heavy atom. The summed E-state index contributed by atoms with van der Waals surface area (Å²) < 4.78 is 1.76. The van der Waals surface area contributed by atoms with Gasteiger partial charge >= 0.3 is 0 Å². The predicted octanol–water partition coefficient (Wildman–Crippen LogP) is 1.13. The molecule has 2 aromatic rings. The van der Waals surface area contributed by atoms with Gasteiger partial charge in [-0.2, -0.15) is 5.10 Å². The van der Waals surface area contributed by atoms with Crippen molar-refractivity contribution in [1.29, 1.82) is 0 Å². The summed E-state index contributed by atoms with van der Waals surface area (Å²) in [6.07, 6.45) is 3.63. The molecule has 0 amide bonds. The molecular weight excluding hydrogens is 172 g/mol. The van der Waals surface area contributed by atoms with Crippen molar-refractivity contribution in [3.05, 3.63) is 18.5 Å². The van der Waals surface area contributed by atoms with Gasteiger partial charge in [0.15, 0.2) is 5.13 Å². The minimum atomic E-state index is 0.579. The van der Waals surface area contributed by atoms with E-state index in [4.69, 9.17) is 5.73 Å². The van der Waals surface area contributed by atoms with Crippen molar-refractivity contribution in [3.8, 4) is 10.6 Å². The van der Waals surface area contributed by atoms with Gasteiger partial charge in [-0.15, -0.1) is 0 Å². The molecule has 5 heteroatoms. The van der Waals surface area contributed by atoms with Gasteiger partial charge < -0.3 is 5.73 Å². The van der Waals surface area contributed by atoms with Crippen LogP contribution in [0.4, 0.5) is 5.13 Å². The van der Waals surface area contributed by atoms with Crippen molar-refractivity contribution >= 4 is 16.5 Å². The smallest absolute Gasteiger partial charge is 0.180 e. The van der Waals surface area contributed by atoms with E-state index in [1.54, 1.807) is 10.9 Å². The van der Waals surface area contributed by atoms with Crippen molar-refractivity contribution in [2.45, 2.75) is 0 Å². The highest BCUT2D eigenvalue weighted by atomic mass is 32.1. The lowest BCUT2D eigenvalue weighted by Crippen LogP contribution is -1.86. The van der Waals surface area contributed by atoms with Gasteiger partial charge in [-0.1, -0.05) is 11.3 Å². The normalized spacial score (nSPS) is 10.4. The molecule has 0 saturated heterocycles. The molecule has 0 aliphatic heterocycles. The van der Waals surface area contributed by atoms with E-state index in [-0.39, 0.29) is 0 Å². The molecule has 2 heterocycles. The van der Waals surface area contributed by atoms with E-state index >= 15 is 0 Å². The first kappa shape index (κ1) is 7.30. The Balaban J connectivity index is 2.43. The summed E-state index contributed by atoms with van der Waals surface area (Å²) in [6, 6.07) is 1.94. The molecule has 0 radical (unpaired) electrons. The maximum atomic E-state index is 5.50. The number of anilines is 1. The molecule has 0 saturated carbocycles. The second kappa shape index (κ2) is 2.60. The Bertz CT molecular complexity index is 351. The molecule has 0 aliphatic rings. The van der Waals surface area contributed by atoms with E-state index in [1.165, 1.54) is 11.3 Å². The zero-order chi connectivity index (χ0) is 8.55. The number of hydrogen-bond acceptors (Lipinski definition) is 4. The molecule has 2 N–H and O–H groups in total. The van der Waals surface area contributed by atoms with Crippen molar-refractivity contribution in [2.75, 3.05) is 5.73 Å². The van der Waals surface area contributed by atoms with Crippen LogP contribution in [0.2, 0.25) is 0 Å². The van der Waals surface area contributed by atoms with Gasteiger partial charge in [0.1, 0.15) is 5.69 Å². The zero-order valence-corrected chi connectivity index (χ0v) is 7.38. The molecule has 0 spiro atoms. The fraction of sp³-hybridized carbons (Fsp3) is 0.143. The van der Waals surface area contributed by atoms with Crippen molar-refractivity contribution in [2.24, 2.45) is 7.05 Å². The molecule has 12 heavy (non-hydrogen) atoms. The van der Waals surface area contributed by atoms with E-state index in [2.05, 4.69) is 10.1 Å². The van der Waals surface area contributed by atoms with Crippen LogP contribution < -0.4 is 5.73 Å². The number of rotatable bonds is 1. The van der Waals surface area contributed by atoms with Crippen molar-refractivity contribution < 1.29 is 0 Å². The molecule has 62 valence electrons. The van der Waals surface area contributed by atoms with Gasteiger partial charge in [-0.05, 0) is 6.07 Å². The van der Waals surface area contributed by atoms with Crippen molar-refractivity contribution in [3.63, 3.8) is 0 Å². The van der Waals surface area contributed by atoms with Crippen molar-refractivity contribution in [1.82, 2.24) is 14.8 Å². The van der Waals surface area contributed by atoms with Crippen LogP contribution in [0.25, 0.3) is 10.6 Å². The molecule has 0 aromatic carbocycles. The molecule has 0 atom stereocenters. The van der Waals surface area contributed by atoms with E-state index < -0.39 is 0 Å². The molecule has 0 unspecified atom stereocenters. The van der Waals surface area contributed by atoms with Gasteiger partial charge in [-0.3, -0.25) is 4.68 Å². The number of nitrogens with zero attached hydrogens (tertiary/aromatic N) is 3. The van der Waals surface area contributed by atoms with E-state index in [1.807, 2.05) is 19.3 Å². The topological polar surface area (TPSA) is 56.7 Å². The van der Waals surface area contributed by atoms with Gasteiger partial charge in [0.25, 0.3) is 0 Å². The average Bonchev–Trinajstić information content (AvgIpc) is 2.58. The summed E-state index contributed by atoms with van der Waals surface area (Å²) in [7, 11) is 1.88. The molecule has 4 nitrogen and oxygen atoms in total. The van der Waals surface area contributed by atoms with Crippen LogP contribution in [0, 0.1) is 0 Å². The van der Waals surface area contributed by atoms with Gasteiger partial charge in [0.2, 0.25) is 0 Å². The summed E-state index contributed by atoms with van der Waals surface area (Å²) in [4.78, 5) is 4.96. The third kappa shape index (κ3) is 1.18. The first-order chi connectivity index (χ1) is 5.75. The number of thiazole rings is 1. The van der Waals surface area contributed by atoms with Gasteiger partial charge in [0.05, 0.1) is 4.88 Å². The monoisotopic (exact) mass is 180 g/mol. The molecule has 0 bridgehead atoms. The van der Waals surface area contributed by atoms with Crippen LogP contribution in [0.3, 0.4) is 0 Å². The van der Waals surface area contributed by atoms with Crippen LogP contribution in [0.5, 0.6) is 0 Å². The number of aromatic nitrogens is 3. The highest BCUT2D eigenvalue weighted by Crippen LogP contribution is 2.24. The summed E-state index contributed by atoms with van der Waals surface area (Å²) >= 11 is 1.44. The highest BCUT2D eigenvalue weighted by molar-refractivity contribution is 7.18. The standard InChI is InChI=1S/C7H8N4S/c1-11-3-2-5(10-11)6-4-9-7(8)12-6/h2-4H,1H3,(H2,8,9). The second-order valence-electron chi connectivity index (χ2n) is 2.44. The molecule has 2 aromatic heterocycles. The third-order valence-electron chi connectivity index (χ3n) is 1.49. The minimum absolute atomic E-state index is 0.579. The van der Waals surface area contributed by atoms with Crippen LogP contribution in [-0.4, -0.2) is 14.8 Å². The number of nitrogen functional groups attached to an aromatic ring is 1. The average molecular weight is 180 g/mol. The minimum Gasteiger partial charge on any atom is -0.375 e. The van der Waals surface area contributed by atoms with Gasteiger partial charge in [0, 0.05) is 19.4 Å². The quantitative estimate of drug-likeness (QED) is 0.715. The Labute approximate surface area is 73.7 Å². The lowest BCUT2D eigenvalue weighted by Gasteiger charge is -1.86. The van der Waals surface area contributed by atoms with Crippen LogP contribution >= 0.6 is 11.3 Å². The highest BCUT2D eigenvalue weighted by Gasteiger charge is 2.03. The van der Waals surface area contributed by atoms with Gasteiger partial charge in [-0.25, -0.2) is 4.98 Å². The van der Waals surface area contributed by atoms with E-state index in [9.17, 15) is 0 Å². The third-order valence-corrected chi connectivity index (χ3v) is 2.34. The molecule has 0 aliphatic carbocycles. The molecular formula is C7H8N4S. The Morgan fingerprint density at radius 1 is 1.58 bits per heavy atom. The number of aryl methyl sites for hydroxylation is 1. The first-order valence-corrected chi connectivity index (χ1v) is 4.28. The first-order valence-electron chi connectivity index (χ1n) is 3.47. The number of nitrogens with two attached hydrogens (primary N) is 1. The Morgan fingerprint density at radius 3 is 2.92 bits per heavy atom. The SMILES string of the molecule is Cn1ccc(-c2cnc(N)s2)n1. The fourth-order valence-corrected chi connectivity index (χ4v) is 1.60. The van der Waals surface area contributed by atoms with E-state index in [0.717, 1.165) is 10.6 Å². The van der Waals surface area contributed by atoms with Crippen LogP contribution in [-0.2, 0) is 7.05 Å². The maximum absolute atomic E-state index is 5.50. The van der Waals surface area contributed by atoms with Crippen LogP contribution in [0.1, 0.15) is 0 Å². The fourth-order valence-electron chi connectivity index (χ4n) is 0.953. The van der Waals surface area contributed by atoms with E-state index in [0.29, 0.717) is 5.13 Å².